The molecule has 2 amide bonds. The summed E-state index contributed by atoms with van der Waals surface area (Å²) in [5.74, 6) is 2.83. The molecule has 0 radical (unpaired) electrons. The lowest BCUT2D eigenvalue weighted by Gasteiger charge is -2.56. The monoisotopic (exact) mass is 448 g/mol. The van der Waals surface area contributed by atoms with Crippen molar-refractivity contribution in [3.63, 3.8) is 0 Å². The molecule has 5 fully saturated rings. The van der Waals surface area contributed by atoms with E-state index in [9.17, 15) is 9.59 Å². The molecule has 0 spiro atoms. The molecule has 162 valence electrons. The Morgan fingerprint density at radius 1 is 0.967 bits per heavy atom. The number of nitrogens with one attached hydrogen (secondary N) is 1. The lowest BCUT2D eigenvalue weighted by Crippen LogP contribution is -2.50. The summed E-state index contributed by atoms with van der Waals surface area (Å²) >= 11 is 12.0. The number of rotatable bonds is 4. The van der Waals surface area contributed by atoms with Crippen molar-refractivity contribution in [3.8, 4) is 0 Å². The molecule has 1 aromatic carbocycles. The summed E-state index contributed by atoms with van der Waals surface area (Å²) in [5, 5.41) is 4.14. The van der Waals surface area contributed by atoms with E-state index in [0.29, 0.717) is 35.1 Å². The van der Waals surface area contributed by atoms with Crippen molar-refractivity contribution < 1.29 is 9.59 Å². The third-order valence-electron chi connectivity index (χ3n) is 8.01. The number of likely N-dealkylation sites (tertiary alicyclic amines) is 1. The van der Waals surface area contributed by atoms with Crippen LogP contribution in [0.5, 0.6) is 0 Å². The van der Waals surface area contributed by atoms with Gasteiger partial charge in [0.1, 0.15) is 0 Å². The van der Waals surface area contributed by atoms with Gasteiger partial charge < -0.3 is 10.2 Å². The molecule has 30 heavy (non-hydrogen) atoms. The minimum absolute atomic E-state index is 0.0214. The van der Waals surface area contributed by atoms with Crippen molar-refractivity contribution in [2.45, 2.75) is 63.8 Å². The van der Waals surface area contributed by atoms with Crippen LogP contribution in [0.2, 0.25) is 10.0 Å². The van der Waals surface area contributed by atoms with Crippen LogP contribution in [0.15, 0.2) is 18.2 Å². The second-order valence-corrected chi connectivity index (χ2v) is 11.2. The van der Waals surface area contributed by atoms with Gasteiger partial charge in [-0.1, -0.05) is 23.2 Å². The van der Waals surface area contributed by atoms with Gasteiger partial charge in [-0.3, -0.25) is 9.59 Å². The Hall–Kier alpha value is -1.26. The smallest absolute Gasteiger partial charge is 0.253 e. The van der Waals surface area contributed by atoms with E-state index in [1.165, 1.54) is 38.5 Å². The second kappa shape index (κ2) is 8.02. The van der Waals surface area contributed by atoms with Crippen LogP contribution < -0.4 is 5.32 Å². The van der Waals surface area contributed by atoms with Crippen LogP contribution in [0, 0.1) is 23.2 Å². The first-order valence-corrected chi connectivity index (χ1v) is 12.2. The fourth-order valence-electron chi connectivity index (χ4n) is 7.16. The van der Waals surface area contributed by atoms with Gasteiger partial charge in [-0.2, -0.15) is 0 Å². The van der Waals surface area contributed by atoms with E-state index in [2.05, 4.69) is 5.32 Å². The number of carbonyl (C=O) groups is 2. The number of halogens is 2. The summed E-state index contributed by atoms with van der Waals surface area (Å²) in [6.07, 6.45) is 10.3. The molecule has 1 saturated heterocycles. The van der Waals surface area contributed by atoms with Crippen molar-refractivity contribution in [2.75, 3.05) is 13.1 Å². The molecular formula is C24H30Cl2N2O2. The van der Waals surface area contributed by atoms with Gasteiger partial charge in [0, 0.05) is 31.1 Å². The molecule has 1 heterocycles. The molecule has 5 aliphatic rings. The Balaban J connectivity index is 1.12. The van der Waals surface area contributed by atoms with E-state index < -0.39 is 0 Å². The molecule has 4 bridgehead atoms. The fraction of sp³-hybridized carbons (Fsp3) is 0.667. The number of nitrogens with zero attached hydrogens (tertiary/aromatic N) is 1. The summed E-state index contributed by atoms with van der Waals surface area (Å²) in [7, 11) is 0. The number of amides is 2. The number of hydrogen-bond donors (Lipinski definition) is 1. The highest BCUT2D eigenvalue weighted by atomic mass is 35.5. The van der Waals surface area contributed by atoms with Crippen molar-refractivity contribution >= 4 is 35.0 Å². The van der Waals surface area contributed by atoms with Crippen molar-refractivity contribution in [1.82, 2.24) is 10.2 Å². The first kappa shape index (κ1) is 20.6. The Morgan fingerprint density at radius 3 is 2.13 bits per heavy atom. The normalized spacial score (nSPS) is 33.0. The van der Waals surface area contributed by atoms with Crippen molar-refractivity contribution in [3.05, 3.63) is 33.8 Å². The number of piperidine rings is 1. The molecule has 4 aliphatic carbocycles. The number of benzene rings is 1. The first-order chi connectivity index (χ1) is 14.4. The summed E-state index contributed by atoms with van der Waals surface area (Å²) in [5.41, 5.74) is 0.845. The molecule has 6 heteroatoms. The van der Waals surface area contributed by atoms with Crippen LogP contribution in [0.4, 0.5) is 0 Å². The zero-order chi connectivity index (χ0) is 20.9. The summed E-state index contributed by atoms with van der Waals surface area (Å²) in [6, 6.07) is 5.18. The molecule has 4 nitrogen and oxygen atoms in total. The van der Waals surface area contributed by atoms with E-state index in [1.54, 1.807) is 18.2 Å². The van der Waals surface area contributed by atoms with Crippen LogP contribution in [0.25, 0.3) is 0 Å². The standard InChI is InChI=1S/C24H30Cl2N2O2/c25-20-2-1-18(10-21(20)26)23(30)28-5-3-19(4-6-28)27-22(29)14-24-11-15-7-16(12-24)9-17(8-15)13-24/h1-2,10,15-17,19H,3-9,11-14H2,(H,27,29). The predicted molar refractivity (Wildman–Crippen MR) is 119 cm³/mol. The Bertz CT molecular complexity index is 812. The minimum Gasteiger partial charge on any atom is -0.353 e. The number of carbonyl (C=O) groups excluding carboxylic acids is 2. The lowest BCUT2D eigenvalue weighted by molar-refractivity contribution is -0.130. The van der Waals surface area contributed by atoms with Crippen LogP contribution in [0.1, 0.15) is 68.1 Å². The van der Waals surface area contributed by atoms with Gasteiger partial charge >= 0.3 is 0 Å². The van der Waals surface area contributed by atoms with Gasteiger partial charge in [-0.05, 0) is 92.7 Å². The van der Waals surface area contributed by atoms with E-state index in [1.807, 2.05) is 4.90 Å². The largest absolute Gasteiger partial charge is 0.353 e. The maximum Gasteiger partial charge on any atom is 0.253 e. The van der Waals surface area contributed by atoms with E-state index in [4.69, 9.17) is 23.2 Å². The molecule has 0 aromatic heterocycles. The molecule has 1 N–H and O–H groups in total. The van der Waals surface area contributed by atoms with Gasteiger partial charge in [-0.15, -0.1) is 0 Å². The lowest BCUT2D eigenvalue weighted by atomic mass is 9.49. The molecule has 4 saturated carbocycles. The van der Waals surface area contributed by atoms with Crippen LogP contribution in [0.3, 0.4) is 0 Å². The molecule has 1 aromatic rings. The van der Waals surface area contributed by atoms with E-state index in [0.717, 1.165) is 30.6 Å². The van der Waals surface area contributed by atoms with Crippen LogP contribution in [-0.4, -0.2) is 35.8 Å². The van der Waals surface area contributed by atoms with Crippen LogP contribution in [-0.2, 0) is 4.79 Å². The third-order valence-corrected chi connectivity index (χ3v) is 8.75. The summed E-state index contributed by atoms with van der Waals surface area (Å²) < 4.78 is 0. The SMILES string of the molecule is O=C(CC12CC3CC(CC(C3)C1)C2)NC1CCN(C(=O)c2ccc(Cl)c(Cl)c2)CC1. The summed E-state index contributed by atoms with van der Waals surface area (Å²) in [6.45, 7) is 1.31. The highest BCUT2D eigenvalue weighted by molar-refractivity contribution is 6.42. The molecule has 6 rings (SSSR count). The Morgan fingerprint density at radius 2 is 1.57 bits per heavy atom. The first-order valence-electron chi connectivity index (χ1n) is 11.4. The van der Waals surface area contributed by atoms with Gasteiger partial charge in [0.2, 0.25) is 5.91 Å². The average Bonchev–Trinajstić information content (AvgIpc) is 2.68. The average molecular weight is 449 g/mol. The van der Waals surface area contributed by atoms with Crippen molar-refractivity contribution in [1.29, 1.82) is 0 Å². The van der Waals surface area contributed by atoms with Gasteiger partial charge in [0.05, 0.1) is 10.0 Å². The second-order valence-electron chi connectivity index (χ2n) is 10.4. The zero-order valence-corrected chi connectivity index (χ0v) is 18.9. The van der Waals surface area contributed by atoms with E-state index in [-0.39, 0.29) is 23.3 Å². The molecule has 0 atom stereocenters. The highest BCUT2D eigenvalue weighted by Gasteiger charge is 2.51. The molecule has 0 unspecified atom stereocenters. The van der Waals surface area contributed by atoms with Crippen molar-refractivity contribution in [2.24, 2.45) is 23.2 Å². The van der Waals surface area contributed by atoms with E-state index >= 15 is 0 Å². The topological polar surface area (TPSA) is 49.4 Å². The Labute approximate surface area is 188 Å². The predicted octanol–water partition coefficient (Wildman–Crippen LogP) is 5.32. The third kappa shape index (κ3) is 4.10. The zero-order valence-electron chi connectivity index (χ0n) is 17.3. The summed E-state index contributed by atoms with van der Waals surface area (Å²) in [4.78, 5) is 27.5. The minimum atomic E-state index is -0.0214. The van der Waals surface area contributed by atoms with Gasteiger partial charge in [0.25, 0.3) is 5.91 Å². The fourth-order valence-corrected chi connectivity index (χ4v) is 7.46. The highest BCUT2D eigenvalue weighted by Crippen LogP contribution is 2.61. The Kier molecular flexibility index (Phi) is 5.51. The quantitative estimate of drug-likeness (QED) is 0.677. The van der Waals surface area contributed by atoms with Gasteiger partial charge in [0.15, 0.2) is 0 Å². The maximum absolute atomic E-state index is 12.9. The van der Waals surface area contributed by atoms with Crippen LogP contribution >= 0.6 is 23.2 Å². The maximum atomic E-state index is 12.9. The molecule has 1 aliphatic heterocycles. The molecular weight excluding hydrogens is 419 g/mol. The number of hydrogen-bond acceptors (Lipinski definition) is 2. The van der Waals surface area contributed by atoms with Gasteiger partial charge in [-0.25, -0.2) is 0 Å².